The number of hydrogen-bond acceptors (Lipinski definition) is 3. The van der Waals surface area contributed by atoms with Crippen LogP contribution >= 0.6 is 0 Å². The van der Waals surface area contributed by atoms with Crippen LogP contribution in [0.1, 0.15) is 0 Å². The van der Waals surface area contributed by atoms with Crippen LogP contribution in [-0.4, -0.2) is 15.3 Å². The third kappa shape index (κ3) is 1.22. The van der Waals surface area contributed by atoms with E-state index in [1.807, 2.05) is 12.1 Å². The minimum absolute atomic E-state index is 0.144. The summed E-state index contributed by atoms with van der Waals surface area (Å²) in [5.41, 5.74) is 1.63. The zero-order chi connectivity index (χ0) is 7.68. The molecule has 0 unspecified atom stereocenters. The summed E-state index contributed by atoms with van der Waals surface area (Å²) in [4.78, 5) is 2.22. The van der Waals surface area contributed by atoms with Gasteiger partial charge in [0.1, 0.15) is 0 Å². The fourth-order valence-corrected chi connectivity index (χ4v) is 2.02. The molecule has 0 aliphatic rings. The molecule has 2 aromatic rings. The predicted octanol–water partition coefficient (Wildman–Crippen LogP) is -1.89. The summed E-state index contributed by atoms with van der Waals surface area (Å²) >= 11 is 0.144. The van der Waals surface area contributed by atoms with Crippen LogP contribution in [0.5, 0.6) is 0 Å². The summed E-state index contributed by atoms with van der Waals surface area (Å²) in [5, 5.41) is 7.29. The summed E-state index contributed by atoms with van der Waals surface area (Å²) in [6.45, 7) is 0. The predicted molar refractivity (Wildman–Crippen MR) is 36.4 cm³/mol. The Morgan fingerprint density at radius 1 is 1.45 bits per heavy atom. The molecule has 0 saturated carbocycles. The Kier molecular flexibility index (Phi) is 1.77. The van der Waals surface area contributed by atoms with E-state index in [-0.39, 0.29) is 21.2 Å². The number of alkyl halides is 1. The SMILES string of the molecule is C[I-]c1ccc2onnc2c1. The first-order valence-electron chi connectivity index (χ1n) is 3.12. The van der Waals surface area contributed by atoms with E-state index in [2.05, 4.69) is 21.4 Å². The Morgan fingerprint density at radius 3 is 3.18 bits per heavy atom. The number of rotatable bonds is 1. The van der Waals surface area contributed by atoms with Crippen molar-refractivity contribution in [2.45, 2.75) is 0 Å². The van der Waals surface area contributed by atoms with Gasteiger partial charge in [0.15, 0.2) is 0 Å². The molecule has 0 saturated heterocycles. The summed E-state index contributed by atoms with van der Waals surface area (Å²) in [6, 6.07) is 6.04. The van der Waals surface area contributed by atoms with Gasteiger partial charge in [-0.25, -0.2) is 0 Å². The van der Waals surface area contributed by atoms with Gasteiger partial charge in [0.05, 0.1) is 0 Å². The quantitative estimate of drug-likeness (QED) is 0.445. The molecule has 2 rings (SSSR count). The third-order valence-corrected chi connectivity index (χ3v) is 3.34. The van der Waals surface area contributed by atoms with Crippen LogP contribution in [0.3, 0.4) is 0 Å². The van der Waals surface area contributed by atoms with Crippen molar-refractivity contribution in [1.82, 2.24) is 10.4 Å². The number of hydrogen-bond donors (Lipinski definition) is 0. The molecule has 0 bridgehead atoms. The molecule has 1 aromatic carbocycles. The van der Waals surface area contributed by atoms with Gasteiger partial charge in [0.25, 0.3) is 0 Å². The minimum atomic E-state index is 0.144. The standard InChI is InChI=1S/C7H6IN2O/c1-8-5-2-3-7-6(4-5)9-10-11-7/h2-4H,1H3/q-1. The van der Waals surface area contributed by atoms with E-state index in [0.29, 0.717) is 0 Å². The zero-order valence-corrected chi connectivity index (χ0v) is 8.07. The van der Waals surface area contributed by atoms with E-state index in [4.69, 9.17) is 4.52 Å². The van der Waals surface area contributed by atoms with Gasteiger partial charge >= 0.3 is 73.9 Å². The van der Waals surface area contributed by atoms with Gasteiger partial charge in [-0.3, -0.25) is 0 Å². The van der Waals surface area contributed by atoms with E-state index in [1.54, 1.807) is 0 Å². The van der Waals surface area contributed by atoms with E-state index >= 15 is 0 Å². The molecule has 0 aliphatic carbocycles. The van der Waals surface area contributed by atoms with Gasteiger partial charge in [-0.1, -0.05) is 0 Å². The van der Waals surface area contributed by atoms with Crippen LogP contribution in [-0.2, 0) is 0 Å². The summed E-state index contributed by atoms with van der Waals surface area (Å²) in [7, 11) is 0. The zero-order valence-electron chi connectivity index (χ0n) is 5.91. The summed E-state index contributed by atoms with van der Waals surface area (Å²) < 4.78 is 6.24. The Hall–Kier alpha value is -0.650. The fraction of sp³-hybridized carbons (Fsp3) is 0.143. The maximum absolute atomic E-state index is 4.87. The molecule has 1 heterocycles. The molecule has 0 radical (unpaired) electrons. The number of fused-ring (bicyclic) bond motifs is 1. The monoisotopic (exact) mass is 261 g/mol. The van der Waals surface area contributed by atoms with Crippen molar-refractivity contribution < 1.29 is 25.7 Å². The molecule has 0 spiro atoms. The van der Waals surface area contributed by atoms with Gasteiger partial charge < -0.3 is 0 Å². The number of halogens is 1. The molecule has 0 fully saturated rings. The van der Waals surface area contributed by atoms with Gasteiger partial charge in [0, 0.05) is 0 Å². The van der Waals surface area contributed by atoms with Crippen LogP contribution < -0.4 is 21.2 Å². The first-order valence-corrected chi connectivity index (χ1v) is 6.35. The van der Waals surface area contributed by atoms with E-state index < -0.39 is 0 Å². The number of nitrogens with zero attached hydrogens (tertiary/aromatic N) is 2. The second-order valence-corrected chi connectivity index (χ2v) is 4.40. The van der Waals surface area contributed by atoms with Crippen molar-refractivity contribution in [2.24, 2.45) is 0 Å². The summed E-state index contributed by atoms with van der Waals surface area (Å²) in [6.07, 6.45) is 0. The van der Waals surface area contributed by atoms with Gasteiger partial charge in [-0.05, 0) is 0 Å². The van der Waals surface area contributed by atoms with E-state index in [9.17, 15) is 0 Å². The third-order valence-electron chi connectivity index (χ3n) is 1.43. The molecular formula is C7H6IN2O-. The van der Waals surface area contributed by atoms with Gasteiger partial charge in [-0.2, -0.15) is 0 Å². The second kappa shape index (κ2) is 2.77. The van der Waals surface area contributed by atoms with E-state index in [0.717, 1.165) is 11.1 Å². The van der Waals surface area contributed by atoms with Crippen LogP contribution in [0.25, 0.3) is 11.1 Å². The van der Waals surface area contributed by atoms with Gasteiger partial charge in [-0.15, -0.1) is 0 Å². The van der Waals surface area contributed by atoms with Crippen molar-refractivity contribution in [3.8, 4) is 0 Å². The Bertz CT molecular complexity index is 371. The van der Waals surface area contributed by atoms with Gasteiger partial charge in [0.2, 0.25) is 0 Å². The molecule has 58 valence electrons. The maximum atomic E-state index is 4.87. The molecule has 0 amide bonds. The average Bonchev–Trinajstić information content (AvgIpc) is 2.50. The molecular weight excluding hydrogens is 255 g/mol. The Balaban J connectivity index is 2.67. The van der Waals surface area contributed by atoms with Crippen LogP contribution in [0, 0.1) is 3.57 Å². The molecule has 0 aliphatic heterocycles. The first-order chi connectivity index (χ1) is 5.40. The summed E-state index contributed by atoms with van der Waals surface area (Å²) in [5.74, 6) is 0. The number of aromatic nitrogens is 2. The topological polar surface area (TPSA) is 38.9 Å². The van der Waals surface area contributed by atoms with Crippen LogP contribution in [0.15, 0.2) is 22.7 Å². The first kappa shape index (κ1) is 7.02. The van der Waals surface area contributed by atoms with Crippen molar-refractivity contribution in [1.29, 1.82) is 0 Å². The van der Waals surface area contributed by atoms with Crippen LogP contribution in [0.4, 0.5) is 0 Å². The Morgan fingerprint density at radius 2 is 2.36 bits per heavy atom. The molecule has 3 nitrogen and oxygen atoms in total. The second-order valence-electron chi connectivity index (χ2n) is 2.07. The van der Waals surface area contributed by atoms with Crippen molar-refractivity contribution in [3.63, 3.8) is 0 Å². The van der Waals surface area contributed by atoms with Crippen molar-refractivity contribution in [3.05, 3.63) is 21.8 Å². The Labute approximate surface area is 74.0 Å². The fourth-order valence-electron chi connectivity index (χ4n) is 0.872. The number of benzene rings is 1. The molecule has 1 aromatic heterocycles. The molecule has 0 N–H and O–H groups in total. The van der Waals surface area contributed by atoms with Crippen LogP contribution in [0.2, 0.25) is 0 Å². The normalized spacial score (nSPS) is 11.0. The van der Waals surface area contributed by atoms with Crippen molar-refractivity contribution >= 4 is 11.1 Å². The molecule has 0 atom stereocenters. The molecule has 4 heteroatoms. The van der Waals surface area contributed by atoms with E-state index in [1.165, 1.54) is 3.57 Å². The molecule has 11 heavy (non-hydrogen) atoms. The van der Waals surface area contributed by atoms with Crippen molar-refractivity contribution in [2.75, 3.05) is 4.93 Å². The average molecular weight is 261 g/mol.